The summed E-state index contributed by atoms with van der Waals surface area (Å²) in [6.07, 6.45) is 6.30. The number of nitrogens with zero attached hydrogens (tertiary/aromatic N) is 6. The molecule has 1 atom stereocenters. The van der Waals surface area contributed by atoms with Crippen LogP contribution in [-0.2, 0) is 11.3 Å². The summed E-state index contributed by atoms with van der Waals surface area (Å²) < 4.78 is 1.84. The third kappa shape index (κ3) is 3.61. The van der Waals surface area contributed by atoms with Crippen molar-refractivity contribution in [2.75, 3.05) is 19.6 Å². The number of hydrogen-bond acceptors (Lipinski definition) is 5. The van der Waals surface area contributed by atoms with Gasteiger partial charge in [-0.25, -0.2) is 9.99 Å². The van der Waals surface area contributed by atoms with Gasteiger partial charge in [0.1, 0.15) is 12.7 Å². The van der Waals surface area contributed by atoms with Crippen molar-refractivity contribution in [1.82, 2.24) is 24.7 Å². The van der Waals surface area contributed by atoms with Crippen LogP contribution in [0.5, 0.6) is 0 Å². The van der Waals surface area contributed by atoms with Gasteiger partial charge in [-0.15, -0.1) is 0 Å². The standard InChI is InChI=1S/C18H22N6O/c25-18(24-10-8-17(21-24)15-5-2-1-3-6-15)12-22-9-4-7-16(22)11-23-14-19-13-20-23/h1-3,5-6,13-14,16H,4,7-12H2. The molecule has 1 aromatic heterocycles. The summed E-state index contributed by atoms with van der Waals surface area (Å²) in [5.41, 5.74) is 2.09. The van der Waals surface area contributed by atoms with E-state index in [0.717, 1.165) is 43.6 Å². The highest BCUT2D eigenvalue weighted by Crippen LogP contribution is 2.20. The summed E-state index contributed by atoms with van der Waals surface area (Å²) >= 11 is 0. The van der Waals surface area contributed by atoms with Crippen molar-refractivity contribution in [3.05, 3.63) is 48.5 Å². The monoisotopic (exact) mass is 338 g/mol. The van der Waals surface area contributed by atoms with Crippen LogP contribution in [0, 0.1) is 0 Å². The van der Waals surface area contributed by atoms with Crippen molar-refractivity contribution in [2.45, 2.75) is 31.8 Å². The predicted molar refractivity (Wildman–Crippen MR) is 93.9 cm³/mol. The van der Waals surface area contributed by atoms with Gasteiger partial charge in [-0.3, -0.25) is 14.4 Å². The van der Waals surface area contributed by atoms with Crippen LogP contribution in [0.1, 0.15) is 24.8 Å². The number of aromatic nitrogens is 3. The molecule has 1 aromatic carbocycles. The Morgan fingerprint density at radius 3 is 2.88 bits per heavy atom. The van der Waals surface area contributed by atoms with Crippen LogP contribution in [0.15, 0.2) is 48.1 Å². The maximum Gasteiger partial charge on any atom is 0.256 e. The van der Waals surface area contributed by atoms with Gasteiger partial charge in [0, 0.05) is 12.5 Å². The average Bonchev–Trinajstić information content (AvgIpc) is 3.38. The van der Waals surface area contributed by atoms with E-state index in [1.165, 1.54) is 0 Å². The second-order valence-corrected chi connectivity index (χ2v) is 6.56. The van der Waals surface area contributed by atoms with E-state index in [4.69, 9.17) is 0 Å². The minimum atomic E-state index is 0.0800. The molecule has 2 aliphatic rings. The van der Waals surface area contributed by atoms with Gasteiger partial charge in [-0.1, -0.05) is 30.3 Å². The maximum atomic E-state index is 12.7. The molecule has 25 heavy (non-hydrogen) atoms. The first kappa shape index (κ1) is 16.0. The largest absolute Gasteiger partial charge is 0.290 e. The Bertz CT molecular complexity index is 742. The Hall–Kier alpha value is -2.54. The third-order valence-corrected chi connectivity index (χ3v) is 4.90. The number of carbonyl (C=O) groups is 1. The molecule has 1 saturated heterocycles. The molecule has 1 amide bonds. The molecule has 1 unspecified atom stereocenters. The first-order valence-electron chi connectivity index (χ1n) is 8.79. The molecule has 3 heterocycles. The van der Waals surface area contributed by atoms with Crippen molar-refractivity contribution in [3.8, 4) is 0 Å². The number of hydrazone groups is 1. The molecular weight excluding hydrogens is 316 g/mol. The van der Waals surface area contributed by atoms with Crippen molar-refractivity contribution < 1.29 is 4.79 Å². The first-order chi connectivity index (χ1) is 12.3. The zero-order valence-electron chi connectivity index (χ0n) is 14.2. The van der Waals surface area contributed by atoms with Crippen LogP contribution in [0.25, 0.3) is 0 Å². The van der Waals surface area contributed by atoms with Crippen LogP contribution in [0.3, 0.4) is 0 Å². The van der Waals surface area contributed by atoms with Crippen LogP contribution in [0.2, 0.25) is 0 Å². The van der Waals surface area contributed by atoms with Crippen LogP contribution < -0.4 is 0 Å². The molecule has 2 aliphatic heterocycles. The van der Waals surface area contributed by atoms with E-state index < -0.39 is 0 Å². The quantitative estimate of drug-likeness (QED) is 0.826. The molecule has 4 rings (SSSR count). The zero-order valence-corrected chi connectivity index (χ0v) is 14.2. The summed E-state index contributed by atoms with van der Waals surface area (Å²) in [7, 11) is 0. The number of carbonyl (C=O) groups excluding carboxylic acids is 1. The fraction of sp³-hybridized carbons (Fsp3) is 0.444. The minimum Gasteiger partial charge on any atom is -0.290 e. The van der Waals surface area contributed by atoms with Crippen LogP contribution in [-0.4, -0.2) is 62.0 Å². The Kier molecular flexibility index (Phi) is 4.56. The number of likely N-dealkylation sites (tertiary alicyclic amines) is 1. The summed E-state index contributed by atoms with van der Waals surface area (Å²) in [4.78, 5) is 18.9. The fourth-order valence-corrected chi connectivity index (χ4v) is 3.58. The predicted octanol–water partition coefficient (Wildman–Crippen LogP) is 1.38. The highest BCUT2D eigenvalue weighted by molar-refractivity contribution is 6.02. The van der Waals surface area contributed by atoms with Crippen molar-refractivity contribution >= 4 is 11.6 Å². The molecule has 0 aliphatic carbocycles. The van der Waals surface area contributed by atoms with Crippen molar-refractivity contribution in [3.63, 3.8) is 0 Å². The number of benzene rings is 1. The van der Waals surface area contributed by atoms with Gasteiger partial charge in [0.25, 0.3) is 5.91 Å². The minimum absolute atomic E-state index is 0.0800. The summed E-state index contributed by atoms with van der Waals surface area (Å²) in [6.45, 7) is 2.83. The van der Waals surface area contributed by atoms with Gasteiger partial charge in [0.15, 0.2) is 0 Å². The van der Waals surface area contributed by atoms with Gasteiger partial charge in [-0.05, 0) is 24.9 Å². The molecule has 0 radical (unpaired) electrons. The molecular formula is C18H22N6O. The van der Waals surface area contributed by atoms with Gasteiger partial charge in [0.2, 0.25) is 0 Å². The van der Waals surface area contributed by atoms with Gasteiger partial charge in [0.05, 0.1) is 25.3 Å². The molecule has 7 heteroatoms. The molecule has 2 aromatic rings. The van der Waals surface area contributed by atoms with Crippen molar-refractivity contribution in [1.29, 1.82) is 0 Å². The highest BCUT2D eigenvalue weighted by Gasteiger charge is 2.29. The van der Waals surface area contributed by atoms with Gasteiger partial charge in [-0.2, -0.15) is 10.2 Å². The lowest BCUT2D eigenvalue weighted by atomic mass is 10.1. The zero-order chi connectivity index (χ0) is 17.1. The summed E-state index contributed by atoms with van der Waals surface area (Å²) in [5.74, 6) is 0.0800. The molecule has 7 nitrogen and oxygen atoms in total. The number of hydrogen-bond donors (Lipinski definition) is 0. The molecule has 130 valence electrons. The first-order valence-corrected chi connectivity index (χ1v) is 8.79. The molecule has 0 spiro atoms. The highest BCUT2D eigenvalue weighted by atomic mass is 16.2. The second-order valence-electron chi connectivity index (χ2n) is 6.56. The lowest BCUT2D eigenvalue weighted by molar-refractivity contribution is -0.132. The third-order valence-electron chi connectivity index (χ3n) is 4.90. The van der Waals surface area contributed by atoms with Crippen LogP contribution in [0.4, 0.5) is 0 Å². The molecule has 0 bridgehead atoms. The van der Waals surface area contributed by atoms with E-state index in [9.17, 15) is 4.79 Å². The SMILES string of the molecule is O=C(CN1CCCC1Cn1cncn1)N1CCC(c2ccccc2)=N1. The fourth-order valence-electron chi connectivity index (χ4n) is 3.58. The molecule has 1 fully saturated rings. The summed E-state index contributed by atoms with van der Waals surface area (Å²) in [5, 5.41) is 10.4. The Morgan fingerprint density at radius 1 is 1.20 bits per heavy atom. The van der Waals surface area contributed by atoms with E-state index in [2.05, 4.69) is 20.1 Å². The number of rotatable bonds is 5. The Morgan fingerprint density at radius 2 is 2.08 bits per heavy atom. The maximum absolute atomic E-state index is 12.7. The van der Waals surface area contributed by atoms with Gasteiger partial charge >= 0.3 is 0 Å². The molecule has 0 saturated carbocycles. The normalized spacial score (nSPS) is 20.9. The average molecular weight is 338 g/mol. The lowest BCUT2D eigenvalue weighted by Crippen LogP contribution is -2.41. The Labute approximate surface area is 146 Å². The van der Waals surface area contributed by atoms with E-state index in [-0.39, 0.29) is 5.91 Å². The number of amides is 1. The second kappa shape index (κ2) is 7.14. The van der Waals surface area contributed by atoms with E-state index in [1.54, 1.807) is 17.7 Å². The van der Waals surface area contributed by atoms with Crippen molar-refractivity contribution in [2.24, 2.45) is 5.10 Å². The van der Waals surface area contributed by atoms with Crippen LogP contribution >= 0.6 is 0 Å². The Balaban J connectivity index is 1.37. The van der Waals surface area contributed by atoms with E-state index >= 15 is 0 Å². The van der Waals surface area contributed by atoms with E-state index in [1.807, 2.05) is 35.0 Å². The van der Waals surface area contributed by atoms with Gasteiger partial charge < -0.3 is 0 Å². The van der Waals surface area contributed by atoms with E-state index in [0.29, 0.717) is 19.1 Å². The lowest BCUT2D eigenvalue weighted by Gasteiger charge is -2.25. The topological polar surface area (TPSA) is 66.6 Å². The summed E-state index contributed by atoms with van der Waals surface area (Å²) in [6, 6.07) is 10.4. The molecule has 0 N–H and O–H groups in total. The smallest absolute Gasteiger partial charge is 0.256 e.